The Morgan fingerprint density at radius 1 is 0.850 bits per heavy atom. The number of hydrogen-bond acceptors (Lipinski definition) is 6. The summed E-state index contributed by atoms with van der Waals surface area (Å²) in [6.45, 7) is 5.95. The maximum absolute atomic E-state index is 11.7. The van der Waals surface area contributed by atoms with Crippen molar-refractivity contribution in [2.75, 3.05) is 11.5 Å². The van der Waals surface area contributed by atoms with Crippen LogP contribution >= 0.6 is 0 Å². The van der Waals surface area contributed by atoms with Crippen LogP contribution in [0.5, 0.6) is 0 Å². The van der Waals surface area contributed by atoms with Crippen LogP contribution in [0.4, 0.5) is 0 Å². The van der Waals surface area contributed by atoms with Crippen molar-refractivity contribution in [3.05, 3.63) is 35.0 Å². The van der Waals surface area contributed by atoms with Crippen molar-refractivity contribution in [1.82, 2.24) is 0 Å². The molecule has 0 aromatic heterocycles. The van der Waals surface area contributed by atoms with Crippen LogP contribution in [0.1, 0.15) is 13.8 Å². The van der Waals surface area contributed by atoms with Crippen LogP contribution in [-0.4, -0.2) is 42.0 Å². The molecule has 0 N–H and O–H groups in total. The van der Waals surface area contributed by atoms with E-state index in [9.17, 15) is 25.3 Å². The van der Waals surface area contributed by atoms with Crippen molar-refractivity contribution in [3.8, 4) is 0 Å². The number of rotatable bonds is 8. The summed E-state index contributed by atoms with van der Waals surface area (Å²) in [6.07, 6.45) is 1.86. The molecule has 0 amide bonds. The molecule has 0 fully saturated rings. The zero-order valence-electron chi connectivity index (χ0n) is 11.3. The van der Waals surface area contributed by atoms with Gasteiger partial charge in [0.15, 0.2) is 29.5 Å². The molecule has 0 heterocycles. The van der Waals surface area contributed by atoms with Gasteiger partial charge >= 0.3 is 0 Å². The van der Waals surface area contributed by atoms with Gasteiger partial charge in [0.2, 0.25) is 0 Å². The Labute approximate surface area is 120 Å². The fourth-order valence-corrected chi connectivity index (χ4v) is 3.20. The summed E-state index contributed by atoms with van der Waals surface area (Å²) in [4.78, 5) is 0. The minimum Gasteiger partial charge on any atom is -0.224 e. The van der Waals surface area contributed by atoms with Crippen molar-refractivity contribution in [3.63, 3.8) is 0 Å². The van der Waals surface area contributed by atoms with Gasteiger partial charge in [0, 0.05) is 16.2 Å². The molecule has 9 heteroatoms. The van der Waals surface area contributed by atoms with Gasteiger partial charge < -0.3 is 0 Å². The first-order valence-corrected chi connectivity index (χ1v) is 10.7. The second kappa shape index (κ2) is 7.19. The van der Waals surface area contributed by atoms with E-state index in [4.69, 9.17) is 0 Å². The van der Waals surface area contributed by atoms with Gasteiger partial charge in [-0.3, -0.25) is 0 Å². The van der Waals surface area contributed by atoms with Gasteiger partial charge in [-0.1, -0.05) is 32.6 Å². The fraction of sp³-hybridized carbons (Fsp3) is 0.455. The third kappa shape index (κ3) is 6.49. The largest absolute Gasteiger partial charge is 0.224 e. The molecule has 20 heavy (non-hydrogen) atoms. The lowest BCUT2D eigenvalue weighted by Crippen LogP contribution is -2.15. The Balaban J connectivity index is 5.63. The third-order valence-corrected chi connectivity index (χ3v) is 6.66. The normalized spacial score (nSPS) is 15.7. The monoisotopic (exact) mass is 342 g/mol. The van der Waals surface area contributed by atoms with Crippen molar-refractivity contribution in [1.29, 1.82) is 0 Å². The van der Waals surface area contributed by atoms with Gasteiger partial charge in [0.1, 0.15) is 5.25 Å². The molecular formula is C11H18O6S3. The summed E-state index contributed by atoms with van der Waals surface area (Å²) in [6, 6.07) is 0. The molecule has 0 radical (unpaired) electrons. The van der Waals surface area contributed by atoms with Crippen LogP contribution in [0.2, 0.25) is 0 Å². The molecule has 116 valence electrons. The van der Waals surface area contributed by atoms with E-state index >= 15 is 0 Å². The van der Waals surface area contributed by atoms with Crippen LogP contribution in [0.25, 0.3) is 0 Å². The summed E-state index contributed by atoms with van der Waals surface area (Å²) < 4.78 is 68.7. The summed E-state index contributed by atoms with van der Waals surface area (Å²) in [5.41, 5.74) is 0. The molecule has 0 saturated carbocycles. The Kier molecular flexibility index (Phi) is 6.85. The molecule has 0 unspecified atom stereocenters. The standard InChI is InChI=1S/C11H18O6S3/c1-4-18(12,13)9-7-11(20(16,17)6-3)8-10-19(14,15)5-2/h6-11H,3-5H2,1-2H3. The average Bonchev–Trinajstić information content (AvgIpc) is 2.38. The van der Waals surface area contributed by atoms with Crippen molar-refractivity contribution < 1.29 is 25.3 Å². The molecule has 0 aliphatic rings. The van der Waals surface area contributed by atoms with E-state index in [-0.39, 0.29) is 11.5 Å². The van der Waals surface area contributed by atoms with Crippen LogP contribution < -0.4 is 0 Å². The molecule has 0 aromatic carbocycles. The molecule has 6 nitrogen and oxygen atoms in total. The molecule has 0 aromatic rings. The zero-order chi connectivity index (χ0) is 16.0. The van der Waals surface area contributed by atoms with E-state index in [0.717, 1.165) is 23.0 Å². The van der Waals surface area contributed by atoms with Gasteiger partial charge in [-0.15, -0.1) is 0 Å². The summed E-state index contributed by atoms with van der Waals surface area (Å²) >= 11 is 0. The van der Waals surface area contributed by atoms with E-state index in [2.05, 4.69) is 6.58 Å². The lowest BCUT2D eigenvalue weighted by atomic mass is 10.4. The molecule has 0 saturated heterocycles. The molecule has 0 aliphatic heterocycles. The predicted molar refractivity (Wildman–Crippen MR) is 80.1 cm³/mol. The first kappa shape index (κ1) is 19.1. The average molecular weight is 342 g/mol. The Hall–Kier alpha value is -0.930. The van der Waals surface area contributed by atoms with E-state index in [1.54, 1.807) is 0 Å². The van der Waals surface area contributed by atoms with Crippen molar-refractivity contribution in [2.24, 2.45) is 0 Å². The van der Waals surface area contributed by atoms with Crippen LogP contribution in [0, 0.1) is 0 Å². The SMILES string of the molecule is C=CS(=O)(=O)C(C=CS(=O)(=O)CC)C=CS(=O)(=O)CC. The Morgan fingerprint density at radius 2 is 1.20 bits per heavy atom. The third-order valence-electron chi connectivity index (χ3n) is 2.37. The maximum atomic E-state index is 11.7. The Bertz CT molecular complexity index is 649. The highest BCUT2D eigenvalue weighted by atomic mass is 32.2. The lowest BCUT2D eigenvalue weighted by Gasteiger charge is -2.05. The smallest absolute Gasteiger partial charge is 0.181 e. The number of sulfone groups is 3. The fourth-order valence-electron chi connectivity index (χ4n) is 0.981. The second-order valence-corrected chi connectivity index (χ2v) is 10.2. The highest BCUT2D eigenvalue weighted by Crippen LogP contribution is 2.10. The molecule has 0 aliphatic carbocycles. The highest BCUT2D eigenvalue weighted by molar-refractivity contribution is 7.96. The molecule has 0 atom stereocenters. The van der Waals surface area contributed by atoms with Crippen molar-refractivity contribution >= 4 is 29.5 Å². The summed E-state index contributed by atoms with van der Waals surface area (Å²) in [7, 11) is -10.9. The molecule has 0 rings (SSSR count). The second-order valence-electron chi connectivity index (χ2n) is 3.78. The van der Waals surface area contributed by atoms with Gasteiger partial charge in [0.25, 0.3) is 0 Å². The topological polar surface area (TPSA) is 102 Å². The van der Waals surface area contributed by atoms with Crippen LogP contribution in [0.3, 0.4) is 0 Å². The predicted octanol–water partition coefficient (Wildman–Crippen LogP) is 0.810. The first-order valence-electron chi connectivity index (χ1n) is 5.68. The minimum atomic E-state index is -3.86. The Morgan fingerprint density at radius 3 is 1.45 bits per heavy atom. The molecule has 0 bridgehead atoms. The van der Waals surface area contributed by atoms with Crippen LogP contribution in [-0.2, 0) is 29.5 Å². The van der Waals surface area contributed by atoms with E-state index in [0.29, 0.717) is 5.41 Å². The van der Waals surface area contributed by atoms with Gasteiger partial charge in [-0.05, 0) is 0 Å². The van der Waals surface area contributed by atoms with Crippen LogP contribution in [0.15, 0.2) is 35.0 Å². The van der Waals surface area contributed by atoms with Gasteiger partial charge in [-0.25, -0.2) is 25.3 Å². The first-order chi connectivity index (χ1) is 8.99. The van der Waals surface area contributed by atoms with E-state index in [1.165, 1.54) is 13.8 Å². The van der Waals surface area contributed by atoms with E-state index in [1.807, 2.05) is 0 Å². The van der Waals surface area contributed by atoms with Gasteiger partial charge in [0.05, 0.1) is 11.5 Å². The minimum absolute atomic E-state index is 0.179. The summed E-state index contributed by atoms with van der Waals surface area (Å²) in [5.74, 6) is -0.358. The molecular weight excluding hydrogens is 324 g/mol. The summed E-state index contributed by atoms with van der Waals surface area (Å²) in [5, 5.41) is 0.801. The van der Waals surface area contributed by atoms with Gasteiger partial charge in [-0.2, -0.15) is 0 Å². The zero-order valence-corrected chi connectivity index (χ0v) is 13.7. The number of hydrogen-bond donors (Lipinski definition) is 0. The molecule has 0 spiro atoms. The highest BCUT2D eigenvalue weighted by Gasteiger charge is 2.18. The quantitative estimate of drug-likeness (QED) is 0.647. The lowest BCUT2D eigenvalue weighted by molar-refractivity contribution is 0.603. The van der Waals surface area contributed by atoms with E-state index < -0.39 is 34.8 Å². The van der Waals surface area contributed by atoms with Crippen molar-refractivity contribution in [2.45, 2.75) is 19.1 Å². The maximum Gasteiger partial charge on any atom is 0.181 e.